The molecule has 3 heterocycles. The van der Waals surface area contributed by atoms with Crippen LogP contribution in [-0.2, 0) is 0 Å². The third-order valence-corrected chi connectivity index (χ3v) is 4.61. The number of aromatic nitrogens is 2. The van der Waals surface area contributed by atoms with Gasteiger partial charge in [0.1, 0.15) is 0 Å². The van der Waals surface area contributed by atoms with E-state index in [0.717, 1.165) is 24.2 Å². The second-order valence-electron chi connectivity index (χ2n) is 5.56. The SMILES string of the molecule is C[C@H]1[C@@H]2CCN1C[C@@H]2c1nc(C2CC2)no1. The van der Waals surface area contributed by atoms with E-state index in [1.54, 1.807) is 0 Å². The van der Waals surface area contributed by atoms with Gasteiger partial charge in [-0.15, -0.1) is 0 Å². The van der Waals surface area contributed by atoms with Crippen molar-refractivity contribution in [1.82, 2.24) is 15.0 Å². The zero-order valence-corrected chi connectivity index (χ0v) is 9.59. The predicted molar refractivity (Wildman–Crippen MR) is 58.2 cm³/mol. The van der Waals surface area contributed by atoms with Crippen molar-refractivity contribution in [3.63, 3.8) is 0 Å². The van der Waals surface area contributed by atoms with Gasteiger partial charge in [0.15, 0.2) is 5.82 Å². The average Bonchev–Trinajstić information content (AvgIpc) is 2.84. The molecule has 0 amide bonds. The van der Waals surface area contributed by atoms with E-state index in [2.05, 4.69) is 22.0 Å². The van der Waals surface area contributed by atoms with E-state index in [9.17, 15) is 0 Å². The topological polar surface area (TPSA) is 42.2 Å². The summed E-state index contributed by atoms with van der Waals surface area (Å²) in [7, 11) is 0. The quantitative estimate of drug-likeness (QED) is 0.760. The van der Waals surface area contributed by atoms with Gasteiger partial charge in [0.05, 0.1) is 5.92 Å². The minimum atomic E-state index is 0.503. The van der Waals surface area contributed by atoms with Gasteiger partial charge >= 0.3 is 0 Å². The van der Waals surface area contributed by atoms with Crippen molar-refractivity contribution in [2.75, 3.05) is 13.1 Å². The van der Waals surface area contributed by atoms with Crippen LogP contribution < -0.4 is 0 Å². The summed E-state index contributed by atoms with van der Waals surface area (Å²) in [6.45, 7) is 4.71. The number of hydrogen-bond donors (Lipinski definition) is 0. The number of fused-ring (bicyclic) bond motifs is 2. The fraction of sp³-hybridized carbons (Fsp3) is 0.833. The molecule has 1 aromatic heterocycles. The molecule has 1 unspecified atom stereocenters. The summed E-state index contributed by atoms with van der Waals surface area (Å²) in [6, 6.07) is 0.710. The maximum Gasteiger partial charge on any atom is 0.231 e. The molecule has 0 radical (unpaired) electrons. The molecule has 4 rings (SSSR count). The highest BCUT2D eigenvalue weighted by Gasteiger charge is 2.47. The number of nitrogens with zero attached hydrogens (tertiary/aromatic N) is 3. The molecule has 2 aliphatic heterocycles. The van der Waals surface area contributed by atoms with Gasteiger partial charge in [-0.05, 0) is 38.6 Å². The van der Waals surface area contributed by atoms with Gasteiger partial charge in [-0.2, -0.15) is 4.98 Å². The van der Waals surface area contributed by atoms with E-state index in [4.69, 9.17) is 4.52 Å². The van der Waals surface area contributed by atoms with Gasteiger partial charge in [0.25, 0.3) is 0 Å². The molecule has 1 saturated carbocycles. The van der Waals surface area contributed by atoms with E-state index < -0.39 is 0 Å². The third kappa shape index (κ3) is 1.19. The van der Waals surface area contributed by atoms with Crippen LogP contribution in [0.15, 0.2) is 4.52 Å². The summed E-state index contributed by atoms with van der Waals surface area (Å²) in [4.78, 5) is 7.15. The van der Waals surface area contributed by atoms with E-state index >= 15 is 0 Å². The molecular formula is C12H17N3O. The summed E-state index contributed by atoms with van der Waals surface area (Å²) in [5.74, 6) is 3.71. The molecular weight excluding hydrogens is 202 g/mol. The first-order valence-corrected chi connectivity index (χ1v) is 6.40. The van der Waals surface area contributed by atoms with E-state index in [1.165, 1.54) is 25.8 Å². The Morgan fingerprint density at radius 2 is 2.19 bits per heavy atom. The van der Waals surface area contributed by atoms with Crippen LogP contribution in [0.4, 0.5) is 0 Å². The summed E-state index contributed by atoms with van der Waals surface area (Å²) < 4.78 is 5.46. The highest BCUT2D eigenvalue weighted by atomic mass is 16.5. The maximum atomic E-state index is 5.46. The van der Waals surface area contributed by atoms with Crippen molar-refractivity contribution >= 4 is 0 Å². The second kappa shape index (κ2) is 3.06. The average molecular weight is 219 g/mol. The zero-order valence-electron chi connectivity index (χ0n) is 9.59. The van der Waals surface area contributed by atoms with Crippen LogP contribution in [0.2, 0.25) is 0 Å². The van der Waals surface area contributed by atoms with Crippen LogP contribution in [0.25, 0.3) is 0 Å². The lowest BCUT2D eigenvalue weighted by Crippen LogP contribution is -2.24. The summed E-state index contributed by atoms with van der Waals surface area (Å²) in [5.41, 5.74) is 0. The lowest BCUT2D eigenvalue weighted by molar-refractivity contribution is 0.281. The fourth-order valence-corrected chi connectivity index (χ4v) is 3.38. The predicted octanol–water partition coefficient (Wildman–Crippen LogP) is 1.75. The summed E-state index contributed by atoms with van der Waals surface area (Å²) in [5, 5.41) is 4.13. The first-order chi connectivity index (χ1) is 7.83. The molecule has 3 fully saturated rings. The Morgan fingerprint density at radius 3 is 2.81 bits per heavy atom. The van der Waals surface area contributed by atoms with Crippen LogP contribution in [0.3, 0.4) is 0 Å². The first-order valence-electron chi connectivity index (χ1n) is 6.40. The number of piperidine rings is 1. The van der Waals surface area contributed by atoms with Crippen molar-refractivity contribution < 1.29 is 4.52 Å². The molecule has 1 aliphatic carbocycles. The van der Waals surface area contributed by atoms with Gasteiger partial charge in [0, 0.05) is 18.5 Å². The van der Waals surface area contributed by atoms with Gasteiger partial charge < -0.3 is 4.52 Å². The molecule has 0 spiro atoms. The van der Waals surface area contributed by atoms with Crippen LogP contribution in [0, 0.1) is 5.92 Å². The molecule has 2 bridgehead atoms. The Balaban J connectivity index is 1.60. The monoisotopic (exact) mass is 219 g/mol. The highest BCUT2D eigenvalue weighted by molar-refractivity contribution is 5.11. The Hall–Kier alpha value is -0.900. The van der Waals surface area contributed by atoms with E-state index in [-0.39, 0.29) is 0 Å². The van der Waals surface area contributed by atoms with Crippen molar-refractivity contribution in [3.05, 3.63) is 11.7 Å². The van der Waals surface area contributed by atoms with E-state index in [1.807, 2.05) is 0 Å². The largest absolute Gasteiger partial charge is 0.339 e. The van der Waals surface area contributed by atoms with Crippen LogP contribution in [0.1, 0.15) is 49.7 Å². The smallest absolute Gasteiger partial charge is 0.231 e. The van der Waals surface area contributed by atoms with E-state index in [0.29, 0.717) is 17.9 Å². The van der Waals surface area contributed by atoms with Crippen molar-refractivity contribution in [2.45, 2.75) is 44.1 Å². The molecule has 4 nitrogen and oxygen atoms in total. The zero-order chi connectivity index (χ0) is 10.7. The molecule has 86 valence electrons. The lowest BCUT2D eigenvalue weighted by atomic mass is 9.89. The molecule has 0 aromatic carbocycles. The Morgan fingerprint density at radius 1 is 1.31 bits per heavy atom. The minimum absolute atomic E-state index is 0.503. The van der Waals surface area contributed by atoms with Crippen molar-refractivity contribution in [1.29, 1.82) is 0 Å². The maximum absolute atomic E-state index is 5.46. The molecule has 2 saturated heterocycles. The van der Waals surface area contributed by atoms with Gasteiger partial charge in [-0.25, -0.2) is 0 Å². The van der Waals surface area contributed by atoms with Crippen LogP contribution in [0.5, 0.6) is 0 Å². The third-order valence-electron chi connectivity index (χ3n) is 4.61. The Kier molecular flexibility index (Phi) is 1.76. The Labute approximate surface area is 95.0 Å². The fourth-order valence-electron chi connectivity index (χ4n) is 3.38. The summed E-state index contributed by atoms with van der Waals surface area (Å²) >= 11 is 0. The molecule has 0 N–H and O–H groups in total. The van der Waals surface area contributed by atoms with Crippen molar-refractivity contribution in [2.24, 2.45) is 5.92 Å². The van der Waals surface area contributed by atoms with Crippen molar-refractivity contribution in [3.8, 4) is 0 Å². The first kappa shape index (κ1) is 9.16. The minimum Gasteiger partial charge on any atom is -0.339 e. The lowest BCUT2D eigenvalue weighted by Gasteiger charge is -2.17. The molecule has 16 heavy (non-hydrogen) atoms. The number of hydrogen-bond acceptors (Lipinski definition) is 4. The molecule has 1 aromatic rings. The number of rotatable bonds is 2. The second-order valence-corrected chi connectivity index (χ2v) is 5.56. The molecule has 4 heteroatoms. The van der Waals surface area contributed by atoms with Crippen LogP contribution in [-0.4, -0.2) is 34.2 Å². The van der Waals surface area contributed by atoms with Gasteiger partial charge in [0.2, 0.25) is 5.89 Å². The van der Waals surface area contributed by atoms with Gasteiger partial charge in [-0.3, -0.25) is 4.90 Å². The summed E-state index contributed by atoms with van der Waals surface area (Å²) in [6.07, 6.45) is 3.79. The van der Waals surface area contributed by atoms with Crippen LogP contribution >= 0.6 is 0 Å². The highest BCUT2D eigenvalue weighted by Crippen LogP contribution is 2.45. The van der Waals surface area contributed by atoms with Gasteiger partial charge in [-0.1, -0.05) is 5.16 Å². The Bertz CT molecular complexity index is 412. The molecule has 4 atom stereocenters. The molecule has 3 aliphatic rings. The standard InChI is InChI=1S/C12H17N3O/c1-7-9-4-5-15(7)6-10(9)12-13-11(14-16-12)8-2-3-8/h7-10H,2-6H2,1H3/t7-,9-,10-/m0/s1. The normalized spacial score (nSPS) is 41.8.